The number of rotatable bonds is 6. The van der Waals surface area contributed by atoms with Gasteiger partial charge in [-0.25, -0.2) is 4.79 Å². The molecule has 0 bridgehead atoms. The molecule has 1 aliphatic rings. The van der Waals surface area contributed by atoms with E-state index < -0.39 is 42.5 Å². The van der Waals surface area contributed by atoms with Crippen LogP contribution in [0.15, 0.2) is 0 Å². The van der Waals surface area contributed by atoms with E-state index in [1.54, 1.807) is 6.92 Å². The van der Waals surface area contributed by atoms with Crippen LogP contribution in [0.25, 0.3) is 0 Å². The van der Waals surface area contributed by atoms with Crippen LogP contribution < -0.4 is 5.32 Å². The summed E-state index contributed by atoms with van der Waals surface area (Å²) in [6, 6.07) is -1.09. The first kappa shape index (κ1) is 17.3. The van der Waals surface area contributed by atoms with Crippen molar-refractivity contribution in [1.29, 1.82) is 0 Å². The van der Waals surface area contributed by atoms with Crippen molar-refractivity contribution in [2.75, 3.05) is 13.1 Å². The average Bonchev–Trinajstić information content (AvgIpc) is 2.68. The van der Waals surface area contributed by atoms with Crippen molar-refractivity contribution in [3.63, 3.8) is 0 Å². The second-order valence-corrected chi connectivity index (χ2v) is 4.98. The molecule has 0 aliphatic carbocycles. The topological polar surface area (TPSA) is 86.7 Å². The number of carbonyl (C=O) groups excluding carboxylic acids is 2. The van der Waals surface area contributed by atoms with Crippen LogP contribution in [0.5, 0.6) is 0 Å². The van der Waals surface area contributed by atoms with E-state index >= 15 is 0 Å². The van der Waals surface area contributed by atoms with Gasteiger partial charge in [-0.2, -0.15) is 13.2 Å². The molecule has 0 radical (unpaired) electrons. The van der Waals surface area contributed by atoms with Crippen molar-refractivity contribution >= 4 is 17.8 Å². The van der Waals surface area contributed by atoms with Gasteiger partial charge in [0.1, 0.15) is 12.6 Å². The third-order valence-corrected chi connectivity index (χ3v) is 3.15. The van der Waals surface area contributed by atoms with Crippen molar-refractivity contribution < 1.29 is 32.7 Å². The molecule has 0 spiro atoms. The number of hydrogen-bond acceptors (Lipinski definition) is 3. The minimum atomic E-state index is -4.52. The largest absolute Gasteiger partial charge is 0.480 e. The lowest BCUT2D eigenvalue weighted by Crippen LogP contribution is -2.44. The maximum Gasteiger partial charge on any atom is 0.406 e. The second-order valence-electron chi connectivity index (χ2n) is 4.98. The van der Waals surface area contributed by atoms with Crippen LogP contribution in [0.3, 0.4) is 0 Å². The van der Waals surface area contributed by atoms with Crippen molar-refractivity contribution in [3.8, 4) is 0 Å². The van der Waals surface area contributed by atoms with Gasteiger partial charge in [-0.15, -0.1) is 0 Å². The summed E-state index contributed by atoms with van der Waals surface area (Å²) >= 11 is 0. The third-order valence-electron chi connectivity index (χ3n) is 3.15. The zero-order chi connectivity index (χ0) is 16.2. The molecule has 1 rings (SSSR count). The molecule has 1 saturated heterocycles. The van der Waals surface area contributed by atoms with Gasteiger partial charge < -0.3 is 15.3 Å². The zero-order valence-corrected chi connectivity index (χ0v) is 11.4. The molecular weight excluding hydrogens is 293 g/mol. The van der Waals surface area contributed by atoms with E-state index in [1.165, 1.54) is 0 Å². The number of nitrogens with one attached hydrogen (secondary N) is 1. The Morgan fingerprint density at radius 1 is 1.48 bits per heavy atom. The molecule has 0 aromatic rings. The average molecular weight is 310 g/mol. The van der Waals surface area contributed by atoms with E-state index in [9.17, 15) is 27.6 Å². The molecule has 1 heterocycles. The molecule has 6 nitrogen and oxygen atoms in total. The summed E-state index contributed by atoms with van der Waals surface area (Å²) in [5.74, 6) is -3.61. The Labute approximate surface area is 119 Å². The maximum absolute atomic E-state index is 12.3. The summed E-state index contributed by atoms with van der Waals surface area (Å²) in [6.45, 7) is 0.00182. The number of carboxylic acid groups (broad SMARTS) is 1. The van der Waals surface area contributed by atoms with Crippen LogP contribution >= 0.6 is 0 Å². The first-order valence-corrected chi connectivity index (χ1v) is 6.51. The molecule has 9 heteroatoms. The number of nitrogens with zero attached hydrogens (tertiary/aromatic N) is 1. The smallest absolute Gasteiger partial charge is 0.406 e. The molecule has 1 fully saturated rings. The molecule has 120 valence electrons. The van der Waals surface area contributed by atoms with Gasteiger partial charge in [0.05, 0.1) is 5.92 Å². The van der Waals surface area contributed by atoms with Crippen molar-refractivity contribution in [2.45, 2.75) is 38.4 Å². The summed E-state index contributed by atoms with van der Waals surface area (Å²) in [5, 5.41) is 11.2. The van der Waals surface area contributed by atoms with E-state index in [0.29, 0.717) is 11.3 Å². The van der Waals surface area contributed by atoms with Gasteiger partial charge in [0, 0.05) is 13.0 Å². The van der Waals surface area contributed by atoms with Crippen LogP contribution in [-0.4, -0.2) is 53.1 Å². The number of alkyl halides is 3. The molecule has 2 N–H and O–H groups in total. The van der Waals surface area contributed by atoms with Gasteiger partial charge in [-0.1, -0.05) is 13.3 Å². The Hall–Kier alpha value is -1.80. The lowest BCUT2D eigenvalue weighted by molar-refractivity contribution is -0.157. The molecular formula is C12H17F3N2O4. The standard InChI is InChI=1S/C12H17F3N2O4/c1-2-3-8(11(20)21)16-10(19)7-4-9(18)17(5-7)6-12(13,14)15/h7-8H,2-6H2,1H3,(H,16,19)(H,20,21). The van der Waals surface area contributed by atoms with Crippen LogP contribution in [0.1, 0.15) is 26.2 Å². The lowest BCUT2D eigenvalue weighted by atomic mass is 10.1. The lowest BCUT2D eigenvalue weighted by Gasteiger charge is -2.19. The van der Waals surface area contributed by atoms with Gasteiger partial charge in [0.15, 0.2) is 0 Å². The predicted octanol–water partition coefficient (Wildman–Crippen LogP) is 0.767. The Morgan fingerprint density at radius 2 is 2.10 bits per heavy atom. The van der Waals surface area contributed by atoms with Crippen molar-refractivity contribution in [2.24, 2.45) is 5.92 Å². The fourth-order valence-electron chi connectivity index (χ4n) is 2.15. The Bertz CT molecular complexity index is 425. The maximum atomic E-state index is 12.3. The number of carbonyl (C=O) groups is 3. The van der Waals surface area contributed by atoms with Gasteiger partial charge in [-0.3, -0.25) is 9.59 Å². The number of carboxylic acids is 1. The predicted molar refractivity (Wildman–Crippen MR) is 65.2 cm³/mol. The third kappa shape index (κ3) is 5.24. The first-order chi connectivity index (χ1) is 9.64. The summed E-state index contributed by atoms with van der Waals surface area (Å²) in [6.07, 6.45) is -4.11. The van der Waals surface area contributed by atoms with E-state index in [4.69, 9.17) is 5.11 Å². The Morgan fingerprint density at radius 3 is 2.57 bits per heavy atom. The number of halogens is 3. The molecule has 0 aromatic carbocycles. The van der Waals surface area contributed by atoms with Crippen molar-refractivity contribution in [1.82, 2.24) is 10.2 Å². The molecule has 2 unspecified atom stereocenters. The number of aliphatic carboxylic acids is 1. The summed E-state index contributed by atoms with van der Waals surface area (Å²) < 4.78 is 36.8. The van der Waals surface area contributed by atoms with Crippen LogP contribution in [0, 0.1) is 5.92 Å². The number of hydrogen-bond donors (Lipinski definition) is 2. The van der Waals surface area contributed by atoms with Gasteiger partial charge in [0.2, 0.25) is 11.8 Å². The molecule has 1 aliphatic heterocycles. The summed E-state index contributed by atoms with van der Waals surface area (Å²) in [5.41, 5.74) is 0. The SMILES string of the molecule is CCCC(NC(=O)C1CC(=O)N(CC(F)(F)F)C1)C(=O)O. The molecule has 2 atom stereocenters. The monoisotopic (exact) mass is 310 g/mol. The van der Waals surface area contributed by atoms with Gasteiger partial charge >= 0.3 is 12.1 Å². The fourth-order valence-corrected chi connectivity index (χ4v) is 2.15. The van der Waals surface area contributed by atoms with E-state index in [-0.39, 0.29) is 19.4 Å². The summed E-state index contributed by atoms with van der Waals surface area (Å²) in [7, 11) is 0. The van der Waals surface area contributed by atoms with Crippen molar-refractivity contribution in [3.05, 3.63) is 0 Å². The van der Waals surface area contributed by atoms with Crippen LogP contribution in [0.4, 0.5) is 13.2 Å². The van der Waals surface area contributed by atoms with E-state index in [1.807, 2.05) is 0 Å². The first-order valence-electron chi connectivity index (χ1n) is 6.51. The quantitative estimate of drug-likeness (QED) is 0.758. The zero-order valence-electron chi connectivity index (χ0n) is 11.4. The molecule has 21 heavy (non-hydrogen) atoms. The normalized spacial score (nSPS) is 20.5. The minimum Gasteiger partial charge on any atom is -0.480 e. The van der Waals surface area contributed by atoms with Gasteiger partial charge in [0.25, 0.3) is 0 Å². The van der Waals surface area contributed by atoms with E-state index in [2.05, 4.69) is 5.32 Å². The minimum absolute atomic E-state index is 0.216. The molecule has 0 aromatic heterocycles. The number of likely N-dealkylation sites (tertiary alicyclic amines) is 1. The van der Waals surface area contributed by atoms with Crippen LogP contribution in [-0.2, 0) is 14.4 Å². The molecule has 2 amide bonds. The molecule has 0 saturated carbocycles. The Balaban J connectivity index is 2.60. The van der Waals surface area contributed by atoms with Gasteiger partial charge in [-0.05, 0) is 6.42 Å². The highest BCUT2D eigenvalue weighted by Crippen LogP contribution is 2.24. The Kier molecular flexibility index (Phi) is 5.56. The highest BCUT2D eigenvalue weighted by atomic mass is 19.4. The fraction of sp³-hybridized carbons (Fsp3) is 0.750. The number of amides is 2. The summed E-state index contributed by atoms with van der Waals surface area (Å²) in [4.78, 5) is 34.8. The highest BCUT2D eigenvalue weighted by Gasteiger charge is 2.41. The van der Waals surface area contributed by atoms with Crippen LogP contribution in [0.2, 0.25) is 0 Å². The highest BCUT2D eigenvalue weighted by molar-refractivity contribution is 5.91. The van der Waals surface area contributed by atoms with E-state index in [0.717, 1.165) is 0 Å². The second kappa shape index (κ2) is 6.77.